The summed E-state index contributed by atoms with van der Waals surface area (Å²) in [6, 6.07) is 10.2. The molecule has 3 rings (SSSR count). The van der Waals surface area contributed by atoms with Crippen LogP contribution >= 0.6 is 34.8 Å². The summed E-state index contributed by atoms with van der Waals surface area (Å²) in [6.45, 7) is 0. The Morgan fingerprint density at radius 3 is 2.62 bits per heavy atom. The first-order valence-corrected chi connectivity index (χ1v) is 7.09. The van der Waals surface area contributed by atoms with Crippen LogP contribution in [0.5, 0.6) is 0 Å². The van der Waals surface area contributed by atoms with Gasteiger partial charge >= 0.3 is 0 Å². The van der Waals surface area contributed by atoms with E-state index in [9.17, 15) is 4.79 Å². The van der Waals surface area contributed by atoms with Gasteiger partial charge in [-0.3, -0.25) is 4.79 Å². The first-order valence-electron chi connectivity index (χ1n) is 5.95. The molecule has 0 saturated heterocycles. The van der Waals surface area contributed by atoms with Gasteiger partial charge in [-0.15, -0.1) is 0 Å². The van der Waals surface area contributed by atoms with Crippen LogP contribution in [0.3, 0.4) is 0 Å². The lowest BCUT2D eigenvalue weighted by Gasteiger charge is -2.04. The standard InChI is InChI=1S/C14H8Cl3N3O/c15-9-5-4-8(7-10(9)16)18-14(21)13-12(17)11-3-1-2-6-20(11)19-13/h1-7H,(H,18,21). The second kappa shape index (κ2) is 5.56. The zero-order valence-corrected chi connectivity index (χ0v) is 12.7. The minimum atomic E-state index is -0.415. The zero-order valence-electron chi connectivity index (χ0n) is 10.5. The summed E-state index contributed by atoms with van der Waals surface area (Å²) in [4.78, 5) is 12.3. The molecule has 0 atom stereocenters. The molecule has 0 spiro atoms. The average molecular weight is 341 g/mol. The van der Waals surface area contributed by atoms with Crippen LogP contribution in [0.1, 0.15) is 10.5 Å². The minimum absolute atomic E-state index is 0.147. The lowest BCUT2D eigenvalue weighted by Crippen LogP contribution is -2.13. The number of fused-ring (bicyclic) bond motifs is 1. The van der Waals surface area contributed by atoms with Crippen molar-refractivity contribution in [2.45, 2.75) is 0 Å². The first kappa shape index (κ1) is 14.2. The molecule has 7 heteroatoms. The molecular weight excluding hydrogens is 333 g/mol. The number of anilines is 1. The summed E-state index contributed by atoms with van der Waals surface area (Å²) in [5, 5.41) is 7.92. The van der Waals surface area contributed by atoms with Crippen molar-refractivity contribution in [2.24, 2.45) is 0 Å². The summed E-state index contributed by atoms with van der Waals surface area (Å²) in [6.07, 6.45) is 1.72. The fraction of sp³-hybridized carbons (Fsp3) is 0. The molecule has 0 radical (unpaired) electrons. The molecule has 0 aliphatic carbocycles. The fourth-order valence-corrected chi connectivity index (χ4v) is 2.45. The zero-order chi connectivity index (χ0) is 15.0. The highest BCUT2D eigenvalue weighted by Crippen LogP contribution is 2.26. The van der Waals surface area contributed by atoms with Crippen molar-refractivity contribution in [3.8, 4) is 0 Å². The van der Waals surface area contributed by atoms with Crippen molar-refractivity contribution >= 4 is 51.9 Å². The molecule has 0 unspecified atom stereocenters. The monoisotopic (exact) mass is 339 g/mol. The Labute approximate surface area is 135 Å². The van der Waals surface area contributed by atoms with Gasteiger partial charge in [0, 0.05) is 11.9 Å². The van der Waals surface area contributed by atoms with E-state index in [0.29, 0.717) is 26.3 Å². The van der Waals surface area contributed by atoms with Gasteiger partial charge in [-0.25, -0.2) is 4.52 Å². The lowest BCUT2D eigenvalue weighted by atomic mass is 10.3. The molecule has 4 nitrogen and oxygen atoms in total. The van der Waals surface area contributed by atoms with Gasteiger partial charge in [0.05, 0.1) is 20.6 Å². The number of nitrogens with one attached hydrogen (secondary N) is 1. The molecule has 21 heavy (non-hydrogen) atoms. The third-order valence-corrected chi connectivity index (χ3v) is 3.98. The Morgan fingerprint density at radius 1 is 1.10 bits per heavy atom. The van der Waals surface area contributed by atoms with Crippen LogP contribution in [-0.4, -0.2) is 15.5 Å². The van der Waals surface area contributed by atoms with Gasteiger partial charge in [0.25, 0.3) is 5.91 Å². The van der Waals surface area contributed by atoms with Crippen LogP contribution in [0.25, 0.3) is 5.52 Å². The van der Waals surface area contributed by atoms with Gasteiger partial charge in [-0.1, -0.05) is 40.9 Å². The Morgan fingerprint density at radius 2 is 1.90 bits per heavy atom. The number of hydrogen-bond acceptors (Lipinski definition) is 2. The van der Waals surface area contributed by atoms with Crippen LogP contribution < -0.4 is 5.32 Å². The fourth-order valence-electron chi connectivity index (χ4n) is 1.88. The van der Waals surface area contributed by atoms with Gasteiger partial charge in [-0.05, 0) is 30.3 Å². The highest BCUT2D eigenvalue weighted by molar-refractivity contribution is 6.42. The summed E-state index contributed by atoms with van der Waals surface area (Å²) >= 11 is 17.9. The number of carbonyl (C=O) groups excluding carboxylic acids is 1. The Bertz CT molecular complexity index is 845. The molecule has 0 aliphatic heterocycles. The van der Waals surface area contributed by atoms with Crippen LogP contribution in [0.4, 0.5) is 5.69 Å². The van der Waals surface area contributed by atoms with Gasteiger partial charge < -0.3 is 5.32 Å². The largest absolute Gasteiger partial charge is 0.320 e. The maximum absolute atomic E-state index is 12.3. The van der Waals surface area contributed by atoms with Crippen molar-refractivity contribution < 1.29 is 4.79 Å². The molecule has 106 valence electrons. The van der Waals surface area contributed by atoms with E-state index in [4.69, 9.17) is 34.8 Å². The molecule has 2 heterocycles. The summed E-state index contributed by atoms with van der Waals surface area (Å²) in [5.74, 6) is -0.415. The number of rotatable bonds is 2. The highest BCUT2D eigenvalue weighted by atomic mass is 35.5. The lowest BCUT2D eigenvalue weighted by molar-refractivity contribution is 0.102. The van der Waals surface area contributed by atoms with E-state index in [2.05, 4.69) is 10.4 Å². The normalized spacial score (nSPS) is 10.8. The van der Waals surface area contributed by atoms with Gasteiger partial charge in [-0.2, -0.15) is 5.10 Å². The van der Waals surface area contributed by atoms with Crippen LogP contribution in [0.15, 0.2) is 42.6 Å². The smallest absolute Gasteiger partial charge is 0.277 e. The number of halogens is 3. The molecular formula is C14H8Cl3N3O. The average Bonchev–Trinajstić information content (AvgIpc) is 2.81. The van der Waals surface area contributed by atoms with Crippen LogP contribution in [0.2, 0.25) is 15.1 Å². The third kappa shape index (κ3) is 2.70. The molecule has 0 fully saturated rings. The van der Waals surface area contributed by atoms with Crippen molar-refractivity contribution in [3.63, 3.8) is 0 Å². The van der Waals surface area contributed by atoms with E-state index >= 15 is 0 Å². The number of nitrogens with zero attached hydrogens (tertiary/aromatic N) is 2. The predicted octanol–water partition coefficient (Wildman–Crippen LogP) is 4.55. The van der Waals surface area contributed by atoms with Gasteiger partial charge in [0.15, 0.2) is 5.69 Å². The predicted molar refractivity (Wildman–Crippen MR) is 84.6 cm³/mol. The number of carbonyl (C=O) groups is 1. The number of amides is 1. The number of hydrogen-bond donors (Lipinski definition) is 1. The van der Waals surface area contributed by atoms with Crippen molar-refractivity contribution in [1.29, 1.82) is 0 Å². The van der Waals surface area contributed by atoms with E-state index in [0.717, 1.165) is 0 Å². The van der Waals surface area contributed by atoms with Crippen molar-refractivity contribution in [3.05, 3.63) is 63.4 Å². The van der Waals surface area contributed by atoms with E-state index in [1.165, 1.54) is 0 Å². The molecule has 1 aromatic carbocycles. The van der Waals surface area contributed by atoms with E-state index < -0.39 is 5.91 Å². The third-order valence-electron chi connectivity index (χ3n) is 2.87. The van der Waals surface area contributed by atoms with Gasteiger partial charge in [0.1, 0.15) is 0 Å². The second-order valence-electron chi connectivity index (χ2n) is 4.28. The molecule has 1 amide bonds. The molecule has 0 bridgehead atoms. The quantitative estimate of drug-likeness (QED) is 0.744. The van der Waals surface area contributed by atoms with E-state index in [-0.39, 0.29) is 5.69 Å². The number of aromatic nitrogens is 2. The second-order valence-corrected chi connectivity index (χ2v) is 5.47. The Kier molecular flexibility index (Phi) is 3.76. The minimum Gasteiger partial charge on any atom is -0.320 e. The van der Waals surface area contributed by atoms with Gasteiger partial charge in [0.2, 0.25) is 0 Å². The molecule has 1 N–H and O–H groups in total. The maximum atomic E-state index is 12.3. The summed E-state index contributed by atoms with van der Waals surface area (Å²) in [5.41, 5.74) is 1.33. The first-order chi connectivity index (χ1) is 10.1. The molecule has 2 aromatic heterocycles. The molecule has 3 aromatic rings. The Hall–Kier alpha value is -1.75. The maximum Gasteiger partial charge on any atom is 0.277 e. The molecule has 0 aliphatic rings. The van der Waals surface area contributed by atoms with Crippen molar-refractivity contribution in [2.75, 3.05) is 5.32 Å². The van der Waals surface area contributed by atoms with Crippen molar-refractivity contribution in [1.82, 2.24) is 9.61 Å². The van der Waals surface area contributed by atoms with Crippen LogP contribution in [-0.2, 0) is 0 Å². The summed E-state index contributed by atoms with van der Waals surface area (Å²) in [7, 11) is 0. The van der Waals surface area contributed by atoms with Crippen LogP contribution in [0, 0.1) is 0 Å². The molecule has 0 saturated carbocycles. The highest BCUT2D eigenvalue weighted by Gasteiger charge is 2.18. The number of pyridine rings is 1. The Balaban J connectivity index is 1.93. The van der Waals surface area contributed by atoms with E-state index in [1.54, 1.807) is 41.0 Å². The number of benzene rings is 1. The van der Waals surface area contributed by atoms with E-state index in [1.807, 2.05) is 6.07 Å². The SMILES string of the molecule is O=C(Nc1ccc(Cl)c(Cl)c1)c1nn2ccccc2c1Cl. The summed E-state index contributed by atoms with van der Waals surface area (Å²) < 4.78 is 1.55. The topological polar surface area (TPSA) is 46.4 Å².